The molecule has 1 heterocycles. The zero-order valence-corrected chi connectivity index (χ0v) is 14.0. The zero-order valence-electron chi connectivity index (χ0n) is 14.0. The fourth-order valence-electron chi connectivity index (χ4n) is 2.52. The molecule has 1 aromatic heterocycles. The molecule has 0 aliphatic carbocycles. The van der Waals surface area contributed by atoms with Crippen LogP contribution >= 0.6 is 0 Å². The van der Waals surface area contributed by atoms with Crippen LogP contribution in [0.4, 0.5) is 11.4 Å². The van der Waals surface area contributed by atoms with Gasteiger partial charge in [0, 0.05) is 22.9 Å². The van der Waals surface area contributed by atoms with E-state index in [1.807, 2.05) is 24.3 Å². The van der Waals surface area contributed by atoms with Crippen molar-refractivity contribution in [3.05, 3.63) is 69.6 Å². The predicted octanol–water partition coefficient (Wildman–Crippen LogP) is 4.13. The molecular formula is C18H18N4O3. The first-order valence-electron chi connectivity index (χ1n) is 7.98. The Kier molecular flexibility index (Phi) is 4.74. The maximum atomic E-state index is 11.0. The first-order valence-corrected chi connectivity index (χ1v) is 7.98. The van der Waals surface area contributed by atoms with Crippen LogP contribution in [0.3, 0.4) is 0 Å². The topological polar surface area (TPSA) is 94.1 Å². The van der Waals surface area contributed by atoms with Crippen LogP contribution in [0.5, 0.6) is 0 Å². The number of nitro groups is 1. The monoisotopic (exact) mass is 338 g/mol. The van der Waals surface area contributed by atoms with Gasteiger partial charge in [0.1, 0.15) is 0 Å². The molecule has 3 rings (SSSR count). The highest BCUT2D eigenvalue weighted by atomic mass is 16.6. The maximum absolute atomic E-state index is 11.0. The number of anilines is 1. The van der Waals surface area contributed by atoms with Crippen LogP contribution in [0.25, 0.3) is 11.4 Å². The Balaban J connectivity index is 1.72. The van der Waals surface area contributed by atoms with Crippen molar-refractivity contribution in [1.29, 1.82) is 0 Å². The summed E-state index contributed by atoms with van der Waals surface area (Å²) in [5, 5.41) is 18.1. The molecule has 2 aromatic carbocycles. The van der Waals surface area contributed by atoms with E-state index in [4.69, 9.17) is 4.52 Å². The molecule has 128 valence electrons. The predicted molar refractivity (Wildman–Crippen MR) is 94.3 cm³/mol. The van der Waals surface area contributed by atoms with Crippen LogP contribution in [0.2, 0.25) is 0 Å². The number of aryl methyl sites for hydroxylation is 1. The van der Waals surface area contributed by atoms with Crippen molar-refractivity contribution in [2.24, 2.45) is 0 Å². The van der Waals surface area contributed by atoms with Gasteiger partial charge in [-0.15, -0.1) is 0 Å². The summed E-state index contributed by atoms with van der Waals surface area (Å²) in [6.07, 6.45) is 0.976. The van der Waals surface area contributed by atoms with E-state index in [0.29, 0.717) is 29.5 Å². The molecule has 3 aromatic rings. The lowest BCUT2D eigenvalue weighted by molar-refractivity contribution is -0.385. The lowest BCUT2D eigenvalue weighted by atomic mass is 10.1. The molecule has 0 saturated heterocycles. The highest BCUT2D eigenvalue weighted by molar-refractivity contribution is 5.60. The molecule has 0 bridgehead atoms. The van der Waals surface area contributed by atoms with Crippen molar-refractivity contribution in [2.75, 3.05) is 5.32 Å². The molecule has 1 N–H and O–H groups in total. The SMILES string of the molecule is CCc1ccc(-c2noc(CNc3cccc([N+](=O)[O-])c3C)n2)cc1. The summed E-state index contributed by atoms with van der Waals surface area (Å²) < 4.78 is 5.26. The van der Waals surface area contributed by atoms with Crippen molar-refractivity contribution in [2.45, 2.75) is 26.8 Å². The molecule has 0 fully saturated rings. The minimum absolute atomic E-state index is 0.0761. The summed E-state index contributed by atoms with van der Waals surface area (Å²) in [4.78, 5) is 15.0. The van der Waals surface area contributed by atoms with Gasteiger partial charge in [-0.2, -0.15) is 4.98 Å². The second kappa shape index (κ2) is 7.12. The van der Waals surface area contributed by atoms with E-state index in [-0.39, 0.29) is 5.69 Å². The van der Waals surface area contributed by atoms with E-state index in [0.717, 1.165) is 12.0 Å². The zero-order chi connectivity index (χ0) is 17.8. The van der Waals surface area contributed by atoms with Gasteiger partial charge in [-0.1, -0.05) is 42.4 Å². The fraction of sp³-hybridized carbons (Fsp3) is 0.222. The Morgan fingerprint density at radius 1 is 1.20 bits per heavy atom. The Bertz CT molecular complexity index is 888. The minimum atomic E-state index is -0.398. The first-order chi connectivity index (χ1) is 12.1. The fourth-order valence-corrected chi connectivity index (χ4v) is 2.52. The van der Waals surface area contributed by atoms with E-state index in [9.17, 15) is 10.1 Å². The number of aromatic nitrogens is 2. The first kappa shape index (κ1) is 16.6. The standard InChI is InChI=1S/C18H18N4O3/c1-3-13-7-9-14(10-8-13)18-20-17(25-21-18)11-19-15-5-4-6-16(12(15)2)22(23)24/h4-10,19H,3,11H2,1-2H3. The smallest absolute Gasteiger partial charge is 0.274 e. The number of hydrogen-bond donors (Lipinski definition) is 1. The number of rotatable bonds is 6. The van der Waals surface area contributed by atoms with E-state index in [2.05, 4.69) is 22.4 Å². The second-order valence-electron chi connectivity index (χ2n) is 5.62. The molecule has 0 aliphatic heterocycles. The van der Waals surface area contributed by atoms with Gasteiger partial charge in [0.2, 0.25) is 11.7 Å². The van der Waals surface area contributed by atoms with Crippen LogP contribution in [0.15, 0.2) is 47.0 Å². The van der Waals surface area contributed by atoms with Gasteiger partial charge in [0.25, 0.3) is 5.69 Å². The molecule has 0 amide bonds. The molecule has 7 nitrogen and oxygen atoms in total. The third-order valence-electron chi connectivity index (χ3n) is 4.02. The largest absolute Gasteiger partial charge is 0.376 e. The highest BCUT2D eigenvalue weighted by Crippen LogP contribution is 2.25. The summed E-state index contributed by atoms with van der Waals surface area (Å²) in [6.45, 7) is 4.10. The molecule has 0 saturated carbocycles. The molecule has 0 radical (unpaired) electrons. The van der Waals surface area contributed by atoms with E-state index in [1.54, 1.807) is 19.1 Å². The Morgan fingerprint density at radius 3 is 2.64 bits per heavy atom. The lowest BCUT2D eigenvalue weighted by Gasteiger charge is -2.07. The molecular weight excluding hydrogens is 320 g/mol. The summed E-state index contributed by atoms with van der Waals surface area (Å²) in [7, 11) is 0. The Morgan fingerprint density at radius 2 is 1.96 bits per heavy atom. The third-order valence-corrected chi connectivity index (χ3v) is 4.02. The normalized spacial score (nSPS) is 10.6. The second-order valence-corrected chi connectivity index (χ2v) is 5.62. The Hall–Kier alpha value is -3.22. The number of benzene rings is 2. The number of nitrogens with zero attached hydrogens (tertiary/aromatic N) is 3. The van der Waals surface area contributed by atoms with Crippen LogP contribution in [0, 0.1) is 17.0 Å². The summed E-state index contributed by atoms with van der Waals surface area (Å²) in [6, 6.07) is 12.9. The van der Waals surface area contributed by atoms with Gasteiger partial charge >= 0.3 is 0 Å². The van der Waals surface area contributed by atoms with Crippen LogP contribution in [0.1, 0.15) is 23.9 Å². The molecule has 0 aliphatic rings. The van der Waals surface area contributed by atoms with Crippen LogP contribution in [-0.2, 0) is 13.0 Å². The van der Waals surface area contributed by atoms with Crippen LogP contribution in [-0.4, -0.2) is 15.1 Å². The van der Waals surface area contributed by atoms with Crippen molar-refractivity contribution >= 4 is 11.4 Å². The van der Waals surface area contributed by atoms with Gasteiger partial charge in [-0.05, 0) is 25.0 Å². The maximum Gasteiger partial charge on any atom is 0.274 e. The summed E-state index contributed by atoms with van der Waals surface area (Å²) >= 11 is 0. The van der Waals surface area contributed by atoms with E-state index < -0.39 is 4.92 Å². The number of hydrogen-bond acceptors (Lipinski definition) is 6. The molecule has 0 spiro atoms. The van der Waals surface area contributed by atoms with Gasteiger partial charge in [0.15, 0.2) is 0 Å². The lowest BCUT2D eigenvalue weighted by Crippen LogP contribution is -2.03. The molecule has 7 heteroatoms. The van der Waals surface area contributed by atoms with Crippen molar-refractivity contribution in [1.82, 2.24) is 10.1 Å². The van der Waals surface area contributed by atoms with Crippen molar-refractivity contribution < 1.29 is 9.45 Å². The highest BCUT2D eigenvalue weighted by Gasteiger charge is 2.14. The van der Waals surface area contributed by atoms with E-state index >= 15 is 0 Å². The summed E-state index contributed by atoms with van der Waals surface area (Å²) in [5.74, 6) is 0.940. The quantitative estimate of drug-likeness (QED) is 0.536. The number of nitrogens with one attached hydrogen (secondary N) is 1. The van der Waals surface area contributed by atoms with Gasteiger partial charge in [-0.3, -0.25) is 10.1 Å². The third kappa shape index (κ3) is 3.65. The van der Waals surface area contributed by atoms with Gasteiger partial charge in [-0.25, -0.2) is 0 Å². The molecule has 25 heavy (non-hydrogen) atoms. The number of nitro benzene ring substituents is 1. The molecule has 0 atom stereocenters. The molecule has 0 unspecified atom stereocenters. The van der Waals surface area contributed by atoms with Crippen molar-refractivity contribution in [3.63, 3.8) is 0 Å². The minimum Gasteiger partial charge on any atom is -0.376 e. The Labute approximate surface area is 144 Å². The van der Waals surface area contributed by atoms with Crippen molar-refractivity contribution in [3.8, 4) is 11.4 Å². The van der Waals surface area contributed by atoms with Crippen LogP contribution < -0.4 is 5.32 Å². The average Bonchev–Trinajstić information content (AvgIpc) is 3.09. The van der Waals surface area contributed by atoms with Gasteiger partial charge < -0.3 is 9.84 Å². The average molecular weight is 338 g/mol. The summed E-state index contributed by atoms with van der Waals surface area (Å²) in [5.41, 5.74) is 3.45. The van der Waals surface area contributed by atoms with E-state index in [1.165, 1.54) is 11.6 Å². The van der Waals surface area contributed by atoms with Gasteiger partial charge in [0.05, 0.1) is 11.5 Å².